The molecule has 2 rings (SSSR count). The normalized spacial score (nSPS) is 10.1. The van der Waals surface area contributed by atoms with Crippen molar-refractivity contribution in [2.24, 2.45) is 0 Å². The molecule has 0 aliphatic carbocycles. The van der Waals surface area contributed by atoms with E-state index in [1.807, 2.05) is 36.4 Å². The van der Waals surface area contributed by atoms with Crippen LogP contribution in [-0.4, -0.2) is 0 Å². The Bertz CT molecular complexity index is 432. The Morgan fingerprint density at radius 2 is 1.79 bits per heavy atom. The van der Waals surface area contributed by atoms with E-state index in [0.717, 1.165) is 16.1 Å². The van der Waals surface area contributed by atoms with E-state index >= 15 is 0 Å². The van der Waals surface area contributed by atoms with Gasteiger partial charge in [-0.05, 0) is 30.7 Å². The molecule has 0 spiro atoms. The van der Waals surface area contributed by atoms with Gasteiger partial charge in [-0.1, -0.05) is 47.5 Å². The number of hydrogen-bond acceptors (Lipinski definition) is 0. The fourth-order valence-electron chi connectivity index (χ4n) is 1.43. The summed E-state index contributed by atoms with van der Waals surface area (Å²) in [6.07, 6.45) is 0. The summed E-state index contributed by atoms with van der Waals surface area (Å²) in [7, 11) is 0. The van der Waals surface area contributed by atoms with Crippen molar-refractivity contribution in [1.29, 1.82) is 0 Å². The molecule has 0 heterocycles. The standard InChI is InChI=1S/C13H10Cl/c1-10-7-8-13(14)12(9-10)11-5-3-2-4-6-11/h3-9H,1H3. The quantitative estimate of drug-likeness (QED) is 0.651. The molecule has 69 valence electrons. The minimum atomic E-state index is 0.793. The van der Waals surface area contributed by atoms with Crippen LogP contribution in [0.3, 0.4) is 0 Å². The van der Waals surface area contributed by atoms with Crippen molar-refractivity contribution in [3.63, 3.8) is 0 Å². The van der Waals surface area contributed by atoms with Crippen LogP contribution in [0.5, 0.6) is 0 Å². The highest BCUT2D eigenvalue weighted by atomic mass is 35.5. The third kappa shape index (κ3) is 1.80. The van der Waals surface area contributed by atoms with Crippen LogP contribution in [0.2, 0.25) is 5.02 Å². The molecule has 0 amide bonds. The lowest BCUT2D eigenvalue weighted by Gasteiger charge is -2.04. The Morgan fingerprint density at radius 3 is 2.50 bits per heavy atom. The van der Waals surface area contributed by atoms with Gasteiger partial charge in [0, 0.05) is 10.6 Å². The number of hydrogen-bond donors (Lipinski definition) is 0. The molecule has 0 aromatic heterocycles. The first-order chi connectivity index (χ1) is 6.77. The van der Waals surface area contributed by atoms with E-state index < -0.39 is 0 Å². The van der Waals surface area contributed by atoms with Crippen LogP contribution in [0.1, 0.15) is 5.56 Å². The zero-order chi connectivity index (χ0) is 9.97. The van der Waals surface area contributed by atoms with Crippen molar-refractivity contribution in [1.82, 2.24) is 0 Å². The van der Waals surface area contributed by atoms with Gasteiger partial charge in [-0.25, -0.2) is 0 Å². The van der Waals surface area contributed by atoms with Gasteiger partial charge in [-0.15, -0.1) is 0 Å². The molecule has 0 fully saturated rings. The smallest absolute Gasteiger partial charge is 0.0484 e. The lowest BCUT2D eigenvalue weighted by Crippen LogP contribution is -1.80. The fraction of sp³-hybridized carbons (Fsp3) is 0.0769. The van der Waals surface area contributed by atoms with Gasteiger partial charge in [0.15, 0.2) is 0 Å². The lowest BCUT2D eigenvalue weighted by molar-refractivity contribution is 1.47. The number of rotatable bonds is 1. The minimum Gasteiger partial charge on any atom is -0.0837 e. The second-order valence-corrected chi connectivity index (χ2v) is 3.68. The maximum Gasteiger partial charge on any atom is 0.0484 e. The third-order valence-electron chi connectivity index (χ3n) is 2.15. The van der Waals surface area contributed by atoms with E-state index in [-0.39, 0.29) is 0 Å². The van der Waals surface area contributed by atoms with Crippen LogP contribution < -0.4 is 0 Å². The summed E-state index contributed by atoms with van der Waals surface area (Å²) >= 11 is 6.12. The molecule has 0 N–H and O–H groups in total. The van der Waals surface area contributed by atoms with E-state index in [2.05, 4.69) is 19.1 Å². The molecule has 0 saturated carbocycles. The Balaban J connectivity index is 2.57. The first-order valence-corrected chi connectivity index (χ1v) is 4.88. The molecule has 1 radical (unpaired) electrons. The molecule has 0 atom stereocenters. The van der Waals surface area contributed by atoms with Crippen LogP contribution in [0.15, 0.2) is 42.5 Å². The van der Waals surface area contributed by atoms with Crippen LogP contribution in [0.25, 0.3) is 11.1 Å². The summed E-state index contributed by atoms with van der Waals surface area (Å²) in [5, 5.41) is 0.793. The molecular weight excluding hydrogens is 192 g/mol. The second-order valence-electron chi connectivity index (χ2n) is 3.27. The Hall–Kier alpha value is -1.27. The van der Waals surface area contributed by atoms with Gasteiger partial charge in [0.2, 0.25) is 0 Å². The van der Waals surface area contributed by atoms with Gasteiger partial charge in [-0.3, -0.25) is 0 Å². The van der Waals surface area contributed by atoms with Crippen LogP contribution >= 0.6 is 11.6 Å². The predicted octanol–water partition coefficient (Wildman–Crippen LogP) is 4.12. The van der Waals surface area contributed by atoms with Crippen LogP contribution in [-0.2, 0) is 0 Å². The molecule has 0 bridgehead atoms. The first-order valence-electron chi connectivity index (χ1n) is 4.50. The molecule has 0 saturated heterocycles. The van der Waals surface area contributed by atoms with Gasteiger partial charge in [0.1, 0.15) is 0 Å². The van der Waals surface area contributed by atoms with Crippen molar-refractivity contribution in [2.45, 2.75) is 6.92 Å². The van der Waals surface area contributed by atoms with Gasteiger partial charge in [0.05, 0.1) is 0 Å². The van der Waals surface area contributed by atoms with Gasteiger partial charge in [0.25, 0.3) is 0 Å². The molecular formula is C13H10Cl. The van der Waals surface area contributed by atoms with E-state index in [4.69, 9.17) is 11.6 Å². The number of aryl methyl sites for hydroxylation is 1. The summed E-state index contributed by atoms with van der Waals surface area (Å²) in [6, 6.07) is 16.9. The summed E-state index contributed by atoms with van der Waals surface area (Å²) in [6.45, 7) is 2.06. The van der Waals surface area contributed by atoms with Gasteiger partial charge in [-0.2, -0.15) is 0 Å². The summed E-state index contributed by atoms with van der Waals surface area (Å²) in [5.74, 6) is 0. The zero-order valence-electron chi connectivity index (χ0n) is 7.92. The second kappa shape index (κ2) is 3.85. The van der Waals surface area contributed by atoms with Gasteiger partial charge >= 0.3 is 0 Å². The Labute approximate surface area is 89.2 Å². The van der Waals surface area contributed by atoms with E-state index in [0.29, 0.717) is 0 Å². The van der Waals surface area contributed by atoms with E-state index in [1.54, 1.807) is 0 Å². The van der Waals surface area contributed by atoms with Crippen LogP contribution in [0, 0.1) is 13.0 Å². The predicted molar refractivity (Wildman–Crippen MR) is 60.5 cm³/mol. The molecule has 0 aliphatic heterocycles. The van der Waals surface area contributed by atoms with E-state index in [1.165, 1.54) is 5.56 Å². The Morgan fingerprint density at radius 1 is 1.07 bits per heavy atom. The molecule has 14 heavy (non-hydrogen) atoms. The highest BCUT2D eigenvalue weighted by Gasteiger charge is 2.02. The van der Waals surface area contributed by atoms with Crippen molar-refractivity contribution in [3.05, 3.63) is 59.1 Å². The topological polar surface area (TPSA) is 0 Å². The average Bonchev–Trinajstić information content (AvgIpc) is 2.23. The molecule has 1 heteroatoms. The van der Waals surface area contributed by atoms with Crippen LogP contribution in [0.4, 0.5) is 0 Å². The summed E-state index contributed by atoms with van der Waals surface area (Å²) < 4.78 is 0. The highest BCUT2D eigenvalue weighted by Crippen LogP contribution is 2.28. The number of halogens is 1. The maximum atomic E-state index is 6.12. The largest absolute Gasteiger partial charge is 0.0837 e. The zero-order valence-corrected chi connectivity index (χ0v) is 8.68. The minimum absolute atomic E-state index is 0.793. The average molecular weight is 202 g/mol. The molecule has 2 aromatic rings. The van der Waals surface area contributed by atoms with Gasteiger partial charge < -0.3 is 0 Å². The molecule has 0 aliphatic rings. The van der Waals surface area contributed by atoms with Crippen molar-refractivity contribution < 1.29 is 0 Å². The monoisotopic (exact) mass is 201 g/mol. The lowest BCUT2D eigenvalue weighted by atomic mass is 10.0. The molecule has 0 unspecified atom stereocenters. The van der Waals surface area contributed by atoms with E-state index in [9.17, 15) is 0 Å². The van der Waals surface area contributed by atoms with Crippen molar-refractivity contribution in [3.8, 4) is 11.1 Å². The third-order valence-corrected chi connectivity index (χ3v) is 2.48. The fourth-order valence-corrected chi connectivity index (χ4v) is 1.65. The first kappa shape index (κ1) is 9.29. The Kier molecular flexibility index (Phi) is 2.55. The van der Waals surface area contributed by atoms with Crippen molar-refractivity contribution in [2.75, 3.05) is 0 Å². The maximum absolute atomic E-state index is 6.12. The SMILES string of the molecule is Cc1ccc(Cl)c(-c2cc[c]cc2)c1. The van der Waals surface area contributed by atoms with Crippen molar-refractivity contribution >= 4 is 11.6 Å². The molecule has 2 aromatic carbocycles. The summed E-state index contributed by atoms with van der Waals surface area (Å²) in [4.78, 5) is 0. The number of benzene rings is 2. The highest BCUT2D eigenvalue weighted by molar-refractivity contribution is 6.33. The summed E-state index contributed by atoms with van der Waals surface area (Å²) in [5.41, 5.74) is 3.44. The molecule has 0 nitrogen and oxygen atoms in total.